The van der Waals surface area contributed by atoms with Gasteiger partial charge in [-0.1, -0.05) is 48.5 Å². The third-order valence-corrected chi connectivity index (χ3v) is 6.41. The van der Waals surface area contributed by atoms with Gasteiger partial charge in [0.25, 0.3) is 0 Å². The van der Waals surface area contributed by atoms with Crippen LogP contribution < -0.4 is 10.6 Å². The number of hydrogen-bond donors (Lipinski definition) is 4. The van der Waals surface area contributed by atoms with Crippen molar-refractivity contribution in [3.05, 3.63) is 59.7 Å². The minimum atomic E-state index is -1.54. The maximum absolute atomic E-state index is 12.6. The summed E-state index contributed by atoms with van der Waals surface area (Å²) in [7, 11) is 0. The molecule has 174 valence electrons. The van der Waals surface area contributed by atoms with Crippen LogP contribution in [0.25, 0.3) is 11.1 Å². The Labute approximate surface area is 192 Å². The van der Waals surface area contributed by atoms with Gasteiger partial charge in [0.05, 0.1) is 17.4 Å². The van der Waals surface area contributed by atoms with Gasteiger partial charge < -0.3 is 25.6 Å². The van der Waals surface area contributed by atoms with Crippen molar-refractivity contribution >= 4 is 18.0 Å². The number of carbonyl (C=O) groups is 3. The van der Waals surface area contributed by atoms with Gasteiger partial charge in [0.2, 0.25) is 5.91 Å². The first kappa shape index (κ1) is 22.8. The Morgan fingerprint density at radius 1 is 1.03 bits per heavy atom. The van der Waals surface area contributed by atoms with Crippen LogP contribution in [-0.2, 0) is 14.3 Å². The molecule has 0 spiro atoms. The molecule has 0 aromatic heterocycles. The second-order valence-corrected chi connectivity index (χ2v) is 9.21. The second kappa shape index (κ2) is 8.86. The lowest BCUT2D eigenvalue weighted by molar-refractivity contribution is -0.142. The van der Waals surface area contributed by atoms with Crippen LogP contribution in [0.15, 0.2) is 48.5 Å². The molecule has 0 heterocycles. The van der Waals surface area contributed by atoms with E-state index in [4.69, 9.17) is 9.84 Å². The highest BCUT2D eigenvalue weighted by Crippen LogP contribution is 2.46. The monoisotopic (exact) mass is 452 g/mol. The number of amides is 2. The summed E-state index contributed by atoms with van der Waals surface area (Å²) in [5.74, 6) is -1.50. The van der Waals surface area contributed by atoms with Crippen molar-refractivity contribution < 1.29 is 29.3 Å². The molecule has 0 aliphatic heterocycles. The summed E-state index contributed by atoms with van der Waals surface area (Å²) in [5, 5.41) is 24.2. The van der Waals surface area contributed by atoms with E-state index in [0.717, 1.165) is 22.3 Å². The summed E-state index contributed by atoms with van der Waals surface area (Å²) in [4.78, 5) is 35.7. The highest BCUT2D eigenvalue weighted by atomic mass is 16.5. The molecule has 2 aromatic carbocycles. The Morgan fingerprint density at radius 3 is 2.15 bits per heavy atom. The molecule has 4 N–H and O–H groups in total. The number of carbonyl (C=O) groups excluding carboxylic acids is 2. The van der Waals surface area contributed by atoms with Gasteiger partial charge in [0, 0.05) is 19.0 Å². The van der Waals surface area contributed by atoms with E-state index >= 15 is 0 Å². The average Bonchev–Trinajstić information content (AvgIpc) is 3.51. The minimum absolute atomic E-state index is 0.0437. The number of ether oxygens (including phenoxy) is 1. The lowest BCUT2D eigenvalue weighted by Crippen LogP contribution is -2.47. The first-order valence-corrected chi connectivity index (χ1v) is 11.0. The standard InChI is InChI=1S/C25H28N2O6/c1-24(32,12-21(28)29)14-26-22(30)25(10-11-25)15-27-23(31)33-13-20-18-8-4-2-6-16(18)17-7-3-5-9-19(17)20/h2-9,20,32H,10-15H2,1H3,(H,26,30)(H,27,31)(H,28,29). The van der Waals surface area contributed by atoms with Crippen molar-refractivity contribution in [2.75, 3.05) is 19.7 Å². The molecule has 8 nitrogen and oxygen atoms in total. The predicted molar refractivity (Wildman–Crippen MR) is 121 cm³/mol. The van der Waals surface area contributed by atoms with E-state index in [1.54, 1.807) is 0 Å². The molecule has 2 aliphatic carbocycles. The summed E-state index contributed by atoms with van der Waals surface area (Å²) in [5.41, 5.74) is 2.25. The van der Waals surface area contributed by atoms with Crippen LogP contribution in [0.2, 0.25) is 0 Å². The van der Waals surface area contributed by atoms with Gasteiger partial charge in [-0.05, 0) is 42.0 Å². The van der Waals surface area contributed by atoms with E-state index < -0.39 is 29.5 Å². The molecule has 1 atom stereocenters. The lowest BCUT2D eigenvalue weighted by atomic mass is 9.98. The summed E-state index contributed by atoms with van der Waals surface area (Å²) in [6.07, 6.45) is 0.139. The number of hydrogen-bond acceptors (Lipinski definition) is 5. The number of aliphatic hydroxyl groups is 1. The van der Waals surface area contributed by atoms with Crippen molar-refractivity contribution in [2.45, 2.75) is 37.7 Å². The first-order valence-electron chi connectivity index (χ1n) is 11.0. The molecule has 1 unspecified atom stereocenters. The zero-order valence-corrected chi connectivity index (χ0v) is 18.5. The van der Waals surface area contributed by atoms with Crippen molar-refractivity contribution in [1.29, 1.82) is 0 Å². The molecule has 0 saturated heterocycles. The summed E-state index contributed by atoms with van der Waals surface area (Å²) in [6.45, 7) is 1.49. The molecular formula is C25H28N2O6. The van der Waals surface area contributed by atoms with Crippen molar-refractivity contribution in [1.82, 2.24) is 10.6 Å². The molecule has 0 radical (unpaired) electrons. The van der Waals surface area contributed by atoms with Crippen molar-refractivity contribution in [3.63, 3.8) is 0 Å². The van der Waals surface area contributed by atoms with Gasteiger partial charge in [-0.25, -0.2) is 4.79 Å². The molecule has 1 saturated carbocycles. The van der Waals surface area contributed by atoms with E-state index in [9.17, 15) is 19.5 Å². The fourth-order valence-electron chi connectivity index (χ4n) is 4.37. The van der Waals surface area contributed by atoms with Gasteiger partial charge in [-0.2, -0.15) is 0 Å². The van der Waals surface area contributed by atoms with Gasteiger partial charge in [-0.15, -0.1) is 0 Å². The zero-order chi connectivity index (χ0) is 23.6. The largest absolute Gasteiger partial charge is 0.481 e. The van der Waals surface area contributed by atoms with E-state index in [2.05, 4.69) is 22.8 Å². The molecular weight excluding hydrogens is 424 g/mol. The molecule has 2 aliphatic rings. The van der Waals surface area contributed by atoms with Crippen LogP contribution in [0, 0.1) is 5.41 Å². The van der Waals surface area contributed by atoms with Crippen LogP contribution in [0.1, 0.15) is 43.2 Å². The number of alkyl carbamates (subject to hydrolysis) is 1. The Kier molecular flexibility index (Phi) is 6.12. The average molecular weight is 453 g/mol. The number of fused-ring (bicyclic) bond motifs is 3. The predicted octanol–water partition coefficient (Wildman–Crippen LogP) is 2.65. The molecule has 1 fully saturated rings. The highest BCUT2D eigenvalue weighted by Gasteiger charge is 2.50. The van der Waals surface area contributed by atoms with Gasteiger partial charge in [0.1, 0.15) is 6.61 Å². The Hall–Kier alpha value is -3.39. The van der Waals surface area contributed by atoms with Crippen molar-refractivity contribution in [3.8, 4) is 11.1 Å². The number of rotatable bonds is 9. The summed E-state index contributed by atoms with van der Waals surface area (Å²) < 4.78 is 5.51. The Morgan fingerprint density at radius 2 is 1.61 bits per heavy atom. The number of carboxylic acid groups (broad SMARTS) is 1. The van der Waals surface area contributed by atoms with Gasteiger partial charge in [0.15, 0.2) is 0 Å². The van der Waals surface area contributed by atoms with Crippen LogP contribution in [0.5, 0.6) is 0 Å². The van der Waals surface area contributed by atoms with E-state index in [-0.39, 0.29) is 31.5 Å². The van der Waals surface area contributed by atoms with E-state index in [1.165, 1.54) is 6.92 Å². The molecule has 33 heavy (non-hydrogen) atoms. The second-order valence-electron chi connectivity index (χ2n) is 9.21. The topological polar surface area (TPSA) is 125 Å². The van der Waals surface area contributed by atoms with E-state index in [1.807, 2.05) is 36.4 Å². The Bertz CT molecular complexity index is 1030. The summed E-state index contributed by atoms with van der Waals surface area (Å²) in [6, 6.07) is 16.2. The fourth-order valence-corrected chi connectivity index (χ4v) is 4.37. The fraction of sp³-hybridized carbons (Fsp3) is 0.400. The van der Waals surface area contributed by atoms with Gasteiger partial charge >= 0.3 is 12.1 Å². The van der Waals surface area contributed by atoms with Crippen LogP contribution in [-0.4, -0.2) is 53.5 Å². The van der Waals surface area contributed by atoms with Crippen LogP contribution in [0.4, 0.5) is 4.79 Å². The first-order chi connectivity index (χ1) is 15.7. The highest BCUT2D eigenvalue weighted by molar-refractivity contribution is 5.86. The maximum Gasteiger partial charge on any atom is 0.407 e. The smallest absolute Gasteiger partial charge is 0.407 e. The molecule has 0 bridgehead atoms. The lowest BCUT2D eigenvalue weighted by Gasteiger charge is -2.23. The molecule has 8 heteroatoms. The van der Waals surface area contributed by atoms with Crippen LogP contribution >= 0.6 is 0 Å². The summed E-state index contributed by atoms with van der Waals surface area (Å²) >= 11 is 0. The minimum Gasteiger partial charge on any atom is -0.481 e. The van der Waals surface area contributed by atoms with Gasteiger partial charge in [-0.3, -0.25) is 9.59 Å². The number of aliphatic carboxylic acids is 1. The molecule has 2 amide bonds. The number of benzene rings is 2. The van der Waals surface area contributed by atoms with E-state index in [0.29, 0.717) is 12.8 Å². The normalized spacial score (nSPS) is 17.3. The third kappa shape index (κ3) is 5.01. The third-order valence-electron chi connectivity index (χ3n) is 6.41. The zero-order valence-electron chi connectivity index (χ0n) is 18.5. The Balaban J connectivity index is 1.29. The van der Waals surface area contributed by atoms with Crippen LogP contribution in [0.3, 0.4) is 0 Å². The SMILES string of the molecule is CC(O)(CNC(=O)C1(CNC(=O)OCC2c3ccccc3-c3ccccc32)CC1)CC(=O)O. The maximum atomic E-state index is 12.6. The quantitative estimate of drug-likeness (QED) is 0.464. The molecule has 2 aromatic rings. The molecule has 4 rings (SSSR count). The number of nitrogens with one attached hydrogen (secondary N) is 2. The van der Waals surface area contributed by atoms with Crippen molar-refractivity contribution in [2.24, 2.45) is 5.41 Å². The number of carboxylic acids is 1.